The van der Waals surface area contributed by atoms with E-state index in [4.69, 9.17) is 20.3 Å². The summed E-state index contributed by atoms with van der Waals surface area (Å²) in [4.78, 5) is 10.9. The number of carboxylic acid groups (broad SMARTS) is 1. The van der Waals surface area contributed by atoms with Crippen LogP contribution in [0, 0.1) is 0 Å². The first-order valence-corrected chi connectivity index (χ1v) is 5.68. The predicted molar refractivity (Wildman–Crippen MR) is 63.9 cm³/mol. The maximum absolute atomic E-state index is 10.9. The van der Waals surface area contributed by atoms with E-state index in [-0.39, 0.29) is 35.5 Å². The SMILES string of the molecule is Nc1cc(O)c(OCC2CCCO2)cc1C(=O)O. The van der Waals surface area contributed by atoms with E-state index >= 15 is 0 Å². The number of nitrogen functional groups attached to an aromatic ring is 1. The second kappa shape index (κ2) is 5.14. The molecule has 1 aromatic carbocycles. The normalized spacial score (nSPS) is 18.8. The molecule has 1 atom stereocenters. The van der Waals surface area contributed by atoms with Crippen LogP contribution in [0.25, 0.3) is 0 Å². The second-order valence-corrected chi connectivity index (χ2v) is 4.16. The van der Waals surface area contributed by atoms with E-state index in [1.54, 1.807) is 0 Å². The smallest absolute Gasteiger partial charge is 0.337 e. The van der Waals surface area contributed by atoms with Crippen LogP contribution in [-0.4, -0.2) is 35.5 Å². The number of ether oxygens (including phenoxy) is 2. The van der Waals surface area contributed by atoms with Crippen LogP contribution in [0.15, 0.2) is 12.1 Å². The molecule has 1 aliphatic rings. The molecule has 6 nitrogen and oxygen atoms in total. The average molecular weight is 253 g/mol. The number of hydrogen-bond acceptors (Lipinski definition) is 5. The van der Waals surface area contributed by atoms with Gasteiger partial charge in [0.25, 0.3) is 0 Å². The molecule has 1 unspecified atom stereocenters. The molecule has 0 radical (unpaired) electrons. The Hall–Kier alpha value is -1.95. The predicted octanol–water partition coefficient (Wildman–Crippen LogP) is 1.23. The van der Waals surface area contributed by atoms with Gasteiger partial charge in [0.05, 0.1) is 17.4 Å². The number of aromatic carboxylic acids is 1. The van der Waals surface area contributed by atoms with Crippen molar-refractivity contribution in [2.45, 2.75) is 18.9 Å². The van der Waals surface area contributed by atoms with Crippen LogP contribution in [-0.2, 0) is 4.74 Å². The van der Waals surface area contributed by atoms with Crippen molar-refractivity contribution in [3.63, 3.8) is 0 Å². The standard InChI is InChI=1S/C12H15NO5/c13-9-5-10(14)11(4-8(9)12(15)16)18-6-7-2-1-3-17-7/h4-5,7,14H,1-3,6,13H2,(H,15,16). The van der Waals surface area contributed by atoms with E-state index < -0.39 is 5.97 Å². The van der Waals surface area contributed by atoms with Crippen molar-refractivity contribution in [2.24, 2.45) is 0 Å². The lowest BCUT2D eigenvalue weighted by Crippen LogP contribution is -2.16. The summed E-state index contributed by atoms with van der Waals surface area (Å²) in [6.07, 6.45) is 1.89. The van der Waals surface area contributed by atoms with Gasteiger partial charge in [-0.15, -0.1) is 0 Å². The fourth-order valence-corrected chi connectivity index (χ4v) is 1.84. The summed E-state index contributed by atoms with van der Waals surface area (Å²) in [6.45, 7) is 0.999. The maximum atomic E-state index is 10.9. The third-order valence-electron chi connectivity index (χ3n) is 2.81. The van der Waals surface area contributed by atoms with E-state index in [1.807, 2.05) is 0 Å². The van der Waals surface area contributed by atoms with Crippen LogP contribution in [0.5, 0.6) is 11.5 Å². The zero-order chi connectivity index (χ0) is 13.1. The third-order valence-corrected chi connectivity index (χ3v) is 2.81. The molecule has 0 bridgehead atoms. The van der Waals surface area contributed by atoms with E-state index in [0.29, 0.717) is 6.61 Å². The molecule has 18 heavy (non-hydrogen) atoms. The molecule has 1 aromatic rings. The Labute approximate surface area is 104 Å². The van der Waals surface area contributed by atoms with Gasteiger partial charge >= 0.3 is 5.97 Å². The van der Waals surface area contributed by atoms with Crippen LogP contribution in [0.3, 0.4) is 0 Å². The van der Waals surface area contributed by atoms with Gasteiger partial charge in [-0.05, 0) is 12.8 Å². The van der Waals surface area contributed by atoms with Crippen LogP contribution < -0.4 is 10.5 Å². The molecule has 1 fully saturated rings. The molecule has 2 rings (SSSR count). The average Bonchev–Trinajstić information content (AvgIpc) is 2.80. The number of benzene rings is 1. The van der Waals surface area contributed by atoms with Gasteiger partial charge in [0.2, 0.25) is 0 Å². The molecule has 4 N–H and O–H groups in total. The first kappa shape index (κ1) is 12.5. The molecule has 0 aromatic heterocycles. The monoisotopic (exact) mass is 253 g/mol. The first-order chi connectivity index (χ1) is 8.58. The summed E-state index contributed by atoms with van der Waals surface area (Å²) in [5.41, 5.74) is 5.40. The van der Waals surface area contributed by atoms with Gasteiger partial charge in [0.1, 0.15) is 6.61 Å². The molecular formula is C12H15NO5. The molecular weight excluding hydrogens is 238 g/mol. The van der Waals surface area contributed by atoms with Crippen LogP contribution in [0.1, 0.15) is 23.2 Å². The largest absolute Gasteiger partial charge is 0.504 e. The fraction of sp³-hybridized carbons (Fsp3) is 0.417. The van der Waals surface area contributed by atoms with Gasteiger partial charge in [0, 0.05) is 18.7 Å². The van der Waals surface area contributed by atoms with Crippen molar-refractivity contribution in [3.05, 3.63) is 17.7 Å². The highest BCUT2D eigenvalue weighted by Gasteiger charge is 2.18. The maximum Gasteiger partial charge on any atom is 0.337 e. The van der Waals surface area contributed by atoms with Gasteiger partial charge in [0.15, 0.2) is 11.5 Å². The number of phenolic OH excluding ortho intramolecular Hbond substituents is 1. The highest BCUT2D eigenvalue weighted by molar-refractivity contribution is 5.94. The lowest BCUT2D eigenvalue weighted by molar-refractivity contribution is 0.0664. The number of anilines is 1. The van der Waals surface area contributed by atoms with Gasteiger partial charge in [-0.3, -0.25) is 0 Å². The topological polar surface area (TPSA) is 102 Å². The Morgan fingerprint density at radius 3 is 2.94 bits per heavy atom. The Kier molecular flexibility index (Phi) is 3.57. The van der Waals surface area contributed by atoms with Crippen LogP contribution in [0.4, 0.5) is 5.69 Å². The van der Waals surface area contributed by atoms with Crippen molar-refractivity contribution in [2.75, 3.05) is 18.9 Å². The summed E-state index contributed by atoms with van der Waals surface area (Å²) >= 11 is 0. The minimum Gasteiger partial charge on any atom is -0.504 e. The molecule has 0 amide bonds. The quantitative estimate of drug-likeness (QED) is 0.697. The van der Waals surface area contributed by atoms with Crippen molar-refractivity contribution in [3.8, 4) is 11.5 Å². The molecule has 0 saturated carbocycles. The second-order valence-electron chi connectivity index (χ2n) is 4.16. The summed E-state index contributed by atoms with van der Waals surface area (Å²) in [5, 5.41) is 18.6. The lowest BCUT2D eigenvalue weighted by Gasteiger charge is -2.13. The first-order valence-electron chi connectivity index (χ1n) is 5.68. The zero-order valence-corrected chi connectivity index (χ0v) is 9.76. The molecule has 1 saturated heterocycles. The van der Waals surface area contributed by atoms with Gasteiger partial charge in [-0.1, -0.05) is 0 Å². The van der Waals surface area contributed by atoms with Gasteiger partial charge in [-0.25, -0.2) is 4.79 Å². The van der Waals surface area contributed by atoms with Gasteiger partial charge in [-0.2, -0.15) is 0 Å². The Bertz CT molecular complexity index is 454. The van der Waals surface area contributed by atoms with Crippen molar-refractivity contribution >= 4 is 11.7 Å². The fourth-order valence-electron chi connectivity index (χ4n) is 1.84. The Balaban J connectivity index is 2.11. The molecule has 1 heterocycles. The number of aromatic hydroxyl groups is 1. The highest BCUT2D eigenvalue weighted by atomic mass is 16.5. The number of rotatable bonds is 4. The van der Waals surface area contributed by atoms with Gasteiger partial charge < -0.3 is 25.4 Å². The molecule has 0 aliphatic carbocycles. The third kappa shape index (κ3) is 2.65. The van der Waals surface area contributed by atoms with Crippen molar-refractivity contribution in [1.82, 2.24) is 0 Å². The van der Waals surface area contributed by atoms with E-state index in [9.17, 15) is 9.90 Å². The summed E-state index contributed by atoms with van der Waals surface area (Å²) in [7, 11) is 0. The van der Waals surface area contributed by atoms with Crippen molar-refractivity contribution < 1.29 is 24.5 Å². The van der Waals surface area contributed by atoms with Crippen molar-refractivity contribution in [1.29, 1.82) is 0 Å². The summed E-state index contributed by atoms with van der Waals surface area (Å²) in [5.74, 6) is -1.22. The molecule has 1 aliphatic heterocycles. The van der Waals surface area contributed by atoms with E-state index in [2.05, 4.69) is 0 Å². The lowest BCUT2D eigenvalue weighted by atomic mass is 10.1. The number of carbonyl (C=O) groups is 1. The van der Waals surface area contributed by atoms with Crippen LogP contribution in [0.2, 0.25) is 0 Å². The minimum atomic E-state index is -1.16. The summed E-state index contributed by atoms with van der Waals surface area (Å²) < 4.78 is 10.7. The number of nitrogens with two attached hydrogens (primary N) is 1. The Morgan fingerprint density at radius 2 is 2.33 bits per heavy atom. The summed E-state index contributed by atoms with van der Waals surface area (Å²) in [6, 6.07) is 2.40. The number of carboxylic acids is 1. The van der Waals surface area contributed by atoms with Crippen LogP contribution >= 0.6 is 0 Å². The Morgan fingerprint density at radius 1 is 1.56 bits per heavy atom. The number of phenols is 1. The number of hydrogen-bond donors (Lipinski definition) is 3. The van der Waals surface area contributed by atoms with E-state index in [0.717, 1.165) is 12.8 Å². The highest BCUT2D eigenvalue weighted by Crippen LogP contribution is 2.31. The molecule has 98 valence electrons. The minimum absolute atomic E-state index is 0.00414. The molecule has 0 spiro atoms. The molecule has 6 heteroatoms. The zero-order valence-electron chi connectivity index (χ0n) is 9.76. The van der Waals surface area contributed by atoms with E-state index in [1.165, 1.54) is 12.1 Å².